The van der Waals surface area contributed by atoms with Gasteiger partial charge < -0.3 is 4.90 Å². The van der Waals surface area contributed by atoms with Crippen molar-refractivity contribution in [2.24, 2.45) is 0 Å². The molecule has 0 aromatic heterocycles. The average Bonchev–Trinajstić information content (AvgIpc) is 2.77. The van der Waals surface area contributed by atoms with Crippen molar-refractivity contribution in [3.8, 4) is 6.07 Å². The molecule has 5 heteroatoms. The Hall–Kier alpha value is -2.35. The van der Waals surface area contributed by atoms with Crippen LogP contribution < -0.4 is 0 Å². The molecule has 0 atom stereocenters. The van der Waals surface area contributed by atoms with Gasteiger partial charge >= 0.3 is 0 Å². The fourth-order valence-electron chi connectivity index (χ4n) is 2.25. The Labute approximate surface area is 105 Å². The van der Waals surface area contributed by atoms with E-state index in [9.17, 15) is 15.4 Å². The van der Waals surface area contributed by atoms with Crippen LogP contribution in [0.25, 0.3) is 5.57 Å². The molecular formula is C13H13N3O2. The maximum absolute atomic E-state index is 11.0. The van der Waals surface area contributed by atoms with Gasteiger partial charge in [0.15, 0.2) is 0 Å². The molecule has 2 rings (SSSR count). The Balaban J connectivity index is 2.60. The van der Waals surface area contributed by atoms with E-state index in [0.717, 1.165) is 25.1 Å². The van der Waals surface area contributed by atoms with Crippen LogP contribution in [0.15, 0.2) is 30.0 Å². The first-order valence-corrected chi connectivity index (χ1v) is 5.73. The van der Waals surface area contributed by atoms with Crippen LogP contribution in [0.5, 0.6) is 0 Å². The Bertz CT molecular complexity index is 558. The van der Waals surface area contributed by atoms with Gasteiger partial charge in [-0.05, 0) is 18.9 Å². The average molecular weight is 243 g/mol. The van der Waals surface area contributed by atoms with E-state index in [1.165, 1.54) is 6.07 Å². The van der Waals surface area contributed by atoms with Gasteiger partial charge in [0.1, 0.15) is 6.07 Å². The second kappa shape index (κ2) is 4.88. The van der Waals surface area contributed by atoms with E-state index in [4.69, 9.17) is 0 Å². The van der Waals surface area contributed by atoms with Crippen molar-refractivity contribution in [2.75, 3.05) is 13.6 Å². The third kappa shape index (κ3) is 2.05. The molecule has 1 aliphatic heterocycles. The summed E-state index contributed by atoms with van der Waals surface area (Å²) in [5.74, 6) is 0. The number of hydrogen-bond acceptors (Lipinski definition) is 4. The number of para-hydroxylation sites is 1. The molecule has 0 N–H and O–H groups in total. The first-order valence-electron chi connectivity index (χ1n) is 5.73. The third-order valence-corrected chi connectivity index (χ3v) is 3.14. The smallest absolute Gasteiger partial charge is 0.277 e. The van der Waals surface area contributed by atoms with E-state index < -0.39 is 4.92 Å². The fraction of sp³-hybridized carbons (Fsp3) is 0.308. The van der Waals surface area contributed by atoms with E-state index >= 15 is 0 Å². The topological polar surface area (TPSA) is 70.2 Å². The molecule has 0 aliphatic carbocycles. The molecule has 1 aliphatic rings. The Morgan fingerprint density at radius 1 is 1.50 bits per heavy atom. The first kappa shape index (κ1) is 12.1. The molecule has 1 aromatic carbocycles. The summed E-state index contributed by atoms with van der Waals surface area (Å²) in [6, 6.07) is 8.52. The van der Waals surface area contributed by atoms with Crippen molar-refractivity contribution in [1.82, 2.24) is 4.90 Å². The van der Waals surface area contributed by atoms with Crippen molar-refractivity contribution in [3.05, 3.63) is 45.6 Å². The Kier molecular flexibility index (Phi) is 3.28. The van der Waals surface area contributed by atoms with E-state index in [1.54, 1.807) is 18.2 Å². The van der Waals surface area contributed by atoms with E-state index in [1.807, 2.05) is 11.9 Å². The standard InChI is InChI=1S/C13H13N3O2/c1-15-8-4-7-12(15)11(9-14)10-5-2-3-6-13(10)16(17)18/h2-3,5-6H,4,7-8H2,1H3/b12-11+. The van der Waals surface area contributed by atoms with Gasteiger partial charge in [0.25, 0.3) is 5.69 Å². The zero-order chi connectivity index (χ0) is 13.1. The summed E-state index contributed by atoms with van der Waals surface area (Å²) < 4.78 is 0. The lowest BCUT2D eigenvalue weighted by Crippen LogP contribution is -2.12. The molecule has 1 heterocycles. The highest BCUT2D eigenvalue weighted by Gasteiger charge is 2.23. The zero-order valence-corrected chi connectivity index (χ0v) is 10.1. The van der Waals surface area contributed by atoms with E-state index in [0.29, 0.717) is 11.1 Å². The number of hydrogen-bond donors (Lipinski definition) is 0. The second-order valence-corrected chi connectivity index (χ2v) is 4.23. The van der Waals surface area contributed by atoms with Gasteiger partial charge in [-0.25, -0.2) is 0 Å². The molecule has 0 spiro atoms. The molecule has 0 unspecified atom stereocenters. The molecule has 18 heavy (non-hydrogen) atoms. The predicted octanol–water partition coefficient (Wildman–Crippen LogP) is 2.56. The van der Waals surface area contributed by atoms with Crippen molar-refractivity contribution >= 4 is 11.3 Å². The molecule has 1 saturated heterocycles. The SMILES string of the molecule is CN1CCC/C1=C(/C#N)c1ccccc1[N+](=O)[O-]. The summed E-state index contributed by atoms with van der Waals surface area (Å²) in [5, 5.41) is 20.3. The van der Waals surface area contributed by atoms with E-state index in [2.05, 4.69) is 6.07 Å². The lowest BCUT2D eigenvalue weighted by atomic mass is 10.0. The molecule has 5 nitrogen and oxygen atoms in total. The first-order chi connectivity index (χ1) is 8.65. The van der Waals surface area contributed by atoms with Crippen molar-refractivity contribution < 1.29 is 4.92 Å². The number of likely N-dealkylation sites (tertiary alicyclic amines) is 1. The van der Waals surface area contributed by atoms with Gasteiger partial charge in [0.05, 0.1) is 16.1 Å². The van der Waals surface area contributed by atoms with Gasteiger partial charge in [0, 0.05) is 25.4 Å². The van der Waals surface area contributed by atoms with Crippen molar-refractivity contribution in [3.63, 3.8) is 0 Å². The highest BCUT2D eigenvalue weighted by atomic mass is 16.6. The summed E-state index contributed by atoms with van der Waals surface area (Å²) in [7, 11) is 1.91. The minimum absolute atomic E-state index is 0.0122. The maximum atomic E-state index is 11.0. The van der Waals surface area contributed by atoms with Gasteiger partial charge in [-0.15, -0.1) is 0 Å². The van der Waals surface area contributed by atoms with Gasteiger partial charge in [-0.3, -0.25) is 10.1 Å². The number of benzene rings is 1. The lowest BCUT2D eigenvalue weighted by Gasteiger charge is -2.14. The predicted molar refractivity (Wildman–Crippen MR) is 67.5 cm³/mol. The minimum Gasteiger partial charge on any atom is -0.377 e. The summed E-state index contributed by atoms with van der Waals surface area (Å²) in [6.45, 7) is 0.890. The van der Waals surface area contributed by atoms with Crippen LogP contribution in [0.3, 0.4) is 0 Å². The summed E-state index contributed by atoms with van der Waals surface area (Å²) in [5.41, 5.74) is 1.71. The number of rotatable bonds is 2. The second-order valence-electron chi connectivity index (χ2n) is 4.23. The molecule has 0 amide bonds. The van der Waals surface area contributed by atoms with Crippen LogP contribution >= 0.6 is 0 Å². The van der Waals surface area contributed by atoms with Crippen LogP contribution in [0, 0.1) is 21.4 Å². The normalized spacial score (nSPS) is 17.4. The molecule has 0 saturated carbocycles. The molecular weight excluding hydrogens is 230 g/mol. The van der Waals surface area contributed by atoms with Gasteiger partial charge in [-0.2, -0.15) is 5.26 Å². The molecule has 0 bridgehead atoms. The number of nitrogens with zero attached hydrogens (tertiary/aromatic N) is 3. The van der Waals surface area contributed by atoms with Crippen LogP contribution in [0.1, 0.15) is 18.4 Å². The molecule has 0 radical (unpaired) electrons. The number of allylic oxidation sites excluding steroid dienone is 2. The Morgan fingerprint density at radius 3 is 2.78 bits per heavy atom. The number of nitriles is 1. The van der Waals surface area contributed by atoms with Crippen LogP contribution in [0.2, 0.25) is 0 Å². The maximum Gasteiger partial charge on any atom is 0.277 e. The molecule has 92 valence electrons. The van der Waals surface area contributed by atoms with E-state index in [-0.39, 0.29) is 5.69 Å². The van der Waals surface area contributed by atoms with Crippen molar-refractivity contribution in [2.45, 2.75) is 12.8 Å². The highest BCUT2D eigenvalue weighted by Crippen LogP contribution is 2.32. The molecule has 1 fully saturated rings. The highest BCUT2D eigenvalue weighted by molar-refractivity contribution is 5.83. The largest absolute Gasteiger partial charge is 0.377 e. The van der Waals surface area contributed by atoms with Gasteiger partial charge in [0.2, 0.25) is 0 Å². The summed E-state index contributed by atoms with van der Waals surface area (Å²) >= 11 is 0. The van der Waals surface area contributed by atoms with Gasteiger partial charge in [-0.1, -0.05) is 12.1 Å². The zero-order valence-electron chi connectivity index (χ0n) is 10.1. The summed E-state index contributed by atoms with van der Waals surface area (Å²) in [6.07, 6.45) is 1.78. The number of nitro groups is 1. The van der Waals surface area contributed by atoms with Crippen LogP contribution in [-0.2, 0) is 0 Å². The molecule has 1 aromatic rings. The Morgan fingerprint density at radius 2 is 2.22 bits per heavy atom. The van der Waals surface area contributed by atoms with Crippen molar-refractivity contribution in [1.29, 1.82) is 5.26 Å². The monoisotopic (exact) mass is 243 g/mol. The minimum atomic E-state index is -0.442. The van der Waals surface area contributed by atoms with Crippen LogP contribution in [-0.4, -0.2) is 23.4 Å². The van der Waals surface area contributed by atoms with Crippen LogP contribution in [0.4, 0.5) is 5.69 Å². The quantitative estimate of drug-likeness (QED) is 0.454. The number of nitro benzene ring substituents is 1. The fourth-order valence-corrected chi connectivity index (χ4v) is 2.25. The summed E-state index contributed by atoms with van der Waals surface area (Å²) in [4.78, 5) is 12.6. The lowest BCUT2D eigenvalue weighted by molar-refractivity contribution is -0.385. The third-order valence-electron chi connectivity index (χ3n) is 3.14.